The Balaban J connectivity index is 1.78. The molecule has 1 aliphatic heterocycles. The molecule has 0 radical (unpaired) electrons. The van der Waals surface area contributed by atoms with Crippen molar-refractivity contribution in [2.45, 2.75) is 57.6 Å². The molecule has 21 heavy (non-hydrogen) atoms. The molecular weight excluding hydrogens is 264 g/mol. The number of hydrogen-bond donors (Lipinski definition) is 1. The summed E-state index contributed by atoms with van der Waals surface area (Å²) in [7, 11) is 0. The van der Waals surface area contributed by atoms with E-state index in [0.717, 1.165) is 49.9 Å². The highest BCUT2D eigenvalue weighted by molar-refractivity contribution is 5.94. The van der Waals surface area contributed by atoms with E-state index < -0.39 is 0 Å². The van der Waals surface area contributed by atoms with Crippen LogP contribution in [0.1, 0.15) is 54.6 Å². The first-order valence-corrected chi connectivity index (χ1v) is 8.08. The lowest BCUT2D eigenvalue weighted by atomic mass is 9.80. The second-order valence-corrected chi connectivity index (χ2v) is 6.41. The summed E-state index contributed by atoms with van der Waals surface area (Å²) < 4.78 is 0. The predicted molar refractivity (Wildman–Crippen MR) is 81.0 cm³/mol. The summed E-state index contributed by atoms with van der Waals surface area (Å²) in [6, 6.07) is 3.86. The summed E-state index contributed by atoms with van der Waals surface area (Å²) in [6.07, 6.45) is 7.75. The Labute approximate surface area is 126 Å². The van der Waals surface area contributed by atoms with Crippen molar-refractivity contribution in [2.24, 2.45) is 5.92 Å². The highest BCUT2D eigenvalue weighted by atomic mass is 16.3. The number of carbonyl (C=O) groups excluding carboxylic acids is 1. The van der Waals surface area contributed by atoms with Crippen molar-refractivity contribution in [3.8, 4) is 0 Å². The normalized spacial score (nSPS) is 29.6. The molecule has 2 aliphatic rings. The molecule has 114 valence electrons. The maximum absolute atomic E-state index is 12.8. The molecule has 1 saturated heterocycles. The quantitative estimate of drug-likeness (QED) is 0.910. The Bertz CT molecular complexity index is 517. The minimum Gasteiger partial charge on any atom is -0.393 e. The summed E-state index contributed by atoms with van der Waals surface area (Å²) in [5, 5.41) is 10.3. The van der Waals surface area contributed by atoms with Crippen molar-refractivity contribution in [1.29, 1.82) is 0 Å². The van der Waals surface area contributed by atoms with E-state index in [1.165, 1.54) is 6.42 Å². The van der Waals surface area contributed by atoms with Gasteiger partial charge >= 0.3 is 0 Å². The number of aryl methyl sites for hydroxylation is 1. The summed E-state index contributed by atoms with van der Waals surface area (Å²) in [5.41, 5.74) is 1.59. The van der Waals surface area contributed by atoms with Gasteiger partial charge in [0.1, 0.15) is 0 Å². The van der Waals surface area contributed by atoms with Crippen LogP contribution in [-0.2, 0) is 0 Å². The van der Waals surface area contributed by atoms with Crippen LogP contribution in [0.25, 0.3) is 0 Å². The monoisotopic (exact) mass is 288 g/mol. The van der Waals surface area contributed by atoms with Gasteiger partial charge in [0.05, 0.1) is 6.10 Å². The van der Waals surface area contributed by atoms with E-state index in [0.29, 0.717) is 0 Å². The van der Waals surface area contributed by atoms with Crippen LogP contribution in [0, 0.1) is 12.8 Å². The molecule has 1 aromatic rings. The minimum atomic E-state index is -0.240. The molecule has 4 nitrogen and oxygen atoms in total. The van der Waals surface area contributed by atoms with Crippen molar-refractivity contribution in [3.05, 3.63) is 29.6 Å². The van der Waals surface area contributed by atoms with E-state index in [1.807, 2.05) is 17.9 Å². The van der Waals surface area contributed by atoms with E-state index >= 15 is 0 Å². The number of likely N-dealkylation sites (tertiary alicyclic amines) is 1. The van der Waals surface area contributed by atoms with Gasteiger partial charge < -0.3 is 10.0 Å². The van der Waals surface area contributed by atoms with Crippen molar-refractivity contribution in [2.75, 3.05) is 6.54 Å². The molecule has 2 fully saturated rings. The fourth-order valence-electron chi connectivity index (χ4n) is 3.92. The van der Waals surface area contributed by atoms with Gasteiger partial charge in [-0.2, -0.15) is 0 Å². The predicted octanol–water partition coefficient (Wildman–Crippen LogP) is 2.55. The third-order valence-corrected chi connectivity index (χ3v) is 4.98. The molecule has 1 aliphatic carbocycles. The van der Waals surface area contributed by atoms with E-state index in [1.54, 1.807) is 12.3 Å². The Morgan fingerprint density at radius 2 is 2.10 bits per heavy atom. The average molecular weight is 288 g/mol. The van der Waals surface area contributed by atoms with Crippen LogP contribution in [0.4, 0.5) is 0 Å². The van der Waals surface area contributed by atoms with Crippen molar-refractivity contribution in [1.82, 2.24) is 9.88 Å². The number of hydrogen-bond acceptors (Lipinski definition) is 3. The lowest BCUT2D eigenvalue weighted by Crippen LogP contribution is -2.45. The van der Waals surface area contributed by atoms with Crippen LogP contribution in [0.15, 0.2) is 18.3 Å². The Kier molecular flexibility index (Phi) is 4.24. The number of aliphatic hydroxyl groups is 1. The van der Waals surface area contributed by atoms with Gasteiger partial charge in [-0.1, -0.05) is 12.8 Å². The topological polar surface area (TPSA) is 53.4 Å². The zero-order valence-corrected chi connectivity index (χ0v) is 12.7. The summed E-state index contributed by atoms with van der Waals surface area (Å²) >= 11 is 0. The number of aromatic nitrogens is 1. The van der Waals surface area contributed by atoms with Gasteiger partial charge in [0.2, 0.25) is 0 Å². The van der Waals surface area contributed by atoms with Crippen LogP contribution in [-0.4, -0.2) is 39.6 Å². The smallest absolute Gasteiger partial charge is 0.254 e. The molecule has 3 atom stereocenters. The van der Waals surface area contributed by atoms with E-state index in [9.17, 15) is 9.90 Å². The van der Waals surface area contributed by atoms with Gasteiger partial charge in [0.15, 0.2) is 0 Å². The van der Waals surface area contributed by atoms with E-state index in [2.05, 4.69) is 4.98 Å². The standard InChI is InChI=1S/C17H24N2O2/c1-12-11-13(8-9-18-12)17(21)19-10-4-6-15(19)14-5-2-3-7-16(14)20/h8-9,11,14-16,20H,2-7,10H2,1H3. The van der Waals surface area contributed by atoms with Gasteiger partial charge in [0.25, 0.3) is 5.91 Å². The van der Waals surface area contributed by atoms with Gasteiger partial charge in [-0.25, -0.2) is 0 Å². The van der Waals surface area contributed by atoms with Crippen LogP contribution in [0.3, 0.4) is 0 Å². The van der Waals surface area contributed by atoms with Crippen LogP contribution < -0.4 is 0 Å². The molecule has 0 spiro atoms. The largest absolute Gasteiger partial charge is 0.393 e. The second-order valence-electron chi connectivity index (χ2n) is 6.41. The molecule has 0 bridgehead atoms. The number of amides is 1. The average Bonchev–Trinajstić information content (AvgIpc) is 2.96. The van der Waals surface area contributed by atoms with Crippen molar-refractivity contribution >= 4 is 5.91 Å². The Morgan fingerprint density at radius 3 is 2.86 bits per heavy atom. The van der Waals surface area contributed by atoms with Crippen LogP contribution in [0.2, 0.25) is 0 Å². The number of pyridine rings is 1. The SMILES string of the molecule is Cc1cc(C(=O)N2CCCC2C2CCCCC2O)ccn1. The summed E-state index contributed by atoms with van der Waals surface area (Å²) in [6.45, 7) is 2.72. The number of aliphatic hydroxyl groups excluding tert-OH is 1. The van der Waals surface area contributed by atoms with Gasteiger partial charge in [0, 0.05) is 36.0 Å². The minimum absolute atomic E-state index is 0.0979. The molecule has 3 rings (SSSR count). The van der Waals surface area contributed by atoms with Crippen LogP contribution >= 0.6 is 0 Å². The molecular formula is C17H24N2O2. The fraction of sp³-hybridized carbons (Fsp3) is 0.647. The van der Waals surface area contributed by atoms with Gasteiger partial charge in [-0.15, -0.1) is 0 Å². The summed E-state index contributed by atoms with van der Waals surface area (Å²) in [4.78, 5) is 18.9. The lowest BCUT2D eigenvalue weighted by molar-refractivity contribution is 0.0211. The zero-order chi connectivity index (χ0) is 14.8. The first kappa shape index (κ1) is 14.5. The number of nitrogens with zero attached hydrogens (tertiary/aromatic N) is 2. The molecule has 1 saturated carbocycles. The maximum Gasteiger partial charge on any atom is 0.254 e. The molecule has 4 heteroatoms. The highest BCUT2D eigenvalue weighted by Gasteiger charge is 2.39. The third-order valence-electron chi connectivity index (χ3n) is 4.98. The zero-order valence-electron chi connectivity index (χ0n) is 12.7. The number of carbonyl (C=O) groups is 1. The number of rotatable bonds is 2. The summed E-state index contributed by atoms with van der Waals surface area (Å²) in [5.74, 6) is 0.355. The van der Waals surface area contributed by atoms with Gasteiger partial charge in [-0.3, -0.25) is 9.78 Å². The Hall–Kier alpha value is -1.42. The second kappa shape index (κ2) is 6.14. The van der Waals surface area contributed by atoms with Crippen molar-refractivity contribution in [3.63, 3.8) is 0 Å². The first-order chi connectivity index (χ1) is 10.2. The Morgan fingerprint density at radius 1 is 1.29 bits per heavy atom. The van der Waals surface area contributed by atoms with E-state index in [4.69, 9.17) is 0 Å². The lowest BCUT2D eigenvalue weighted by Gasteiger charge is -2.37. The maximum atomic E-state index is 12.8. The van der Waals surface area contributed by atoms with Gasteiger partial charge in [-0.05, 0) is 44.7 Å². The molecule has 1 amide bonds. The highest BCUT2D eigenvalue weighted by Crippen LogP contribution is 2.35. The molecule has 2 heterocycles. The van der Waals surface area contributed by atoms with Crippen LogP contribution in [0.5, 0.6) is 0 Å². The molecule has 1 N–H and O–H groups in total. The first-order valence-electron chi connectivity index (χ1n) is 8.08. The van der Waals surface area contributed by atoms with Crippen molar-refractivity contribution < 1.29 is 9.90 Å². The fourth-order valence-corrected chi connectivity index (χ4v) is 3.92. The molecule has 1 aromatic heterocycles. The third kappa shape index (κ3) is 2.95. The molecule has 0 aromatic carbocycles. The van der Waals surface area contributed by atoms with E-state index in [-0.39, 0.29) is 24.0 Å². The molecule has 3 unspecified atom stereocenters.